The predicted molar refractivity (Wildman–Crippen MR) is 121 cm³/mol. The zero-order valence-corrected chi connectivity index (χ0v) is 19.0. The maximum Gasteiger partial charge on any atom is 0.226 e. The Balaban J connectivity index is 1.34. The van der Waals surface area contributed by atoms with Crippen molar-refractivity contribution in [3.63, 3.8) is 0 Å². The molecule has 1 aromatic heterocycles. The van der Waals surface area contributed by atoms with Crippen LogP contribution < -0.4 is 4.74 Å². The maximum atomic E-state index is 12.8. The van der Waals surface area contributed by atoms with Crippen LogP contribution in [0.15, 0.2) is 23.6 Å². The van der Waals surface area contributed by atoms with Gasteiger partial charge in [-0.05, 0) is 69.8 Å². The standard InChI is InChI=1S/C24H33N3O2S/c1-18-7-6-8-22(19(18)2)29-16-23-25-21(17-30-23)15-27(24(28)20-9-10-20)14-13-26-11-4-3-5-12-26/h6-8,17,20H,3-5,9-16H2,1-2H3. The number of aromatic nitrogens is 1. The van der Waals surface area contributed by atoms with Crippen LogP contribution >= 0.6 is 11.3 Å². The van der Waals surface area contributed by atoms with Crippen molar-refractivity contribution in [2.45, 2.75) is 59.1 Å². The van der Waals surface area contributed by atoms with Crippen molar-refractivity contribution in [3.8, 4) is 5.75 Å². The molecule has 4 rings (SSSR count). The molecular formula is C24H33N3O2S. The normalized spacial score (nSPS) is 17.1. The first-order chi connectivity index (χ1) is 14.6. The number of ether oxygens (including phenoxy) is 1. The molecule has 0 unspecified atom stereocenters. The largest absolute Gasteiger partial charge is 0.486 e. The summed E-state index contributed by atoms with van der Waals surface area (Å²) in [6.45, 7) is 9.39. The molecule has 5 nitrogen and oxygen atoms in total. The molecule has 1 aliphatic heterocycles. The van der Waals surface area contributed by atoms with Crippen molar-refractivity contribution >= 4 is 17.2 Å². The fourth-order valence-electron chi connectivity index (χ4n) is 4.00. The van der Waals surface area contributed by atoms with Crippen LogP contribution in [0.3, 0.4) is 0 Å². The van der Waals surface area contributed by atoms with Crippen molar-refractivity contribution in [1.29, 1.82) is 0 Å². The van der Waals surface area contributed by atoms with Crippen LogP contribution in [0.25, 0.3) is 0 Å². The zero-order chi connectivity index (χ0) is 20.9. The topological polar surface area (TPSA) is 45.7 Å². The fraction of sp³-hybridized carbons (Fsp3) is 0.583. The third kappa shape index (κ3) is 5.61. The third-order valence-corrected chi connectivity index (χ3v) is 7.10. The van der Waals surface area contributed by atoms with Gasteiger partial charge in [0.1, 0.15) is 17.4 Å². The highest BCUT2D eigenvalue weighted by atomic mass is 32.1. The van der Waals surface area contributed by atoms with E-state index in [2.05, 4.69) is 30.2 Å². The van der Waals surface area contributed by atoms with Crippen LogP contribution in [0.5, 0.6) is 5.75 Å². The van der Waals surface area contributed by atoms with E-state index in [1.54, 1.807) is 11.3 Å². The van der Waals surface area contributed by atoms with Crippen LogP contribution in [0.1, 0.15) is 53.9 Å². The Bertz CT molecular complexity index is 856. The second-order valence-electron chi connectivity index (χ2n) is 8.66. The van der Waals surface area contributed by atoms with Crippen LogP contribution in [-0.2, 0) is 17.9 Å². The first-order valence-electron chi connectivity index (χ1n) is 11.2. The van der Waals surface area contributed by atoms with Crippen molar-refractivity contribution in [1.82, 2.24) is 14.8 Å². The van der Waals surface area contributed by atoms with E-state index in [0.29, 0.717) is 19.1 Å². The van der Waals surface area contributed by atoms with Crippen molar-refractivity contribution in [3.05, 3.63) is 45.4 Å². The minimum Gasteiger partial charge on any atom is -0.486 e. The average Bonchev–Trinajstić information content (AvgIpc) is 3.52. The van der Waals surface area contributed by atoms with Crippen molar-refractivity contribution in [2.75, 3.05) is 26.2 Å². The number of benzene rings is 1. The average molecular weight is 428 g/mol. The summed E-state index contributed by atoms with van der Waals surface area (Å²) in [5.41, 5.74) is 3.38. The van der Waals surface area contributed by atoms with Gasteiger partial charge in [0.15, 0.2) is 0 Å². The smallest absolute Gasteiger partial charge is 0.226 e. The molecular weight excluding hydrogens is 394 g/mol. The van der Waals surface area contributed by atoms with E-state index < -0.39 is 0 Å². The number of carbonyl (C=O) groups excluding carboxylic acids is 1. The monoisotopic (exact) mass is 427 g/mol. The minimum atomic E-state index is 0.247. The Morgan fingerprint density at radius 2 is 2.03 bits per heavy atom. The van der Waals surface area contributed by atoms with Crippen LogP contribution in [0.4, 0.5) is 0 Å². The molecule has 1 saturated heterocycles. The summed E-state index contributed by atoms with van der Waals surface area (Å²) < 4.78 is 6.01. The summed E-state index contributed by atoms with van der Waals surface area (Å²) in [5.74, 6) is 1.48. The number of likely N-dealkylation sites (tertiary alicyclic amines) is 1. The van der Waals surface area contributed by atoms with Gasteiger partial charge in [0.2, 0.25) is 5.91 Å². The summed E-state index contributed by atoms with van der Waals surface area (Å²) in [6, 6.07) is 6.13. The van der Waals surface area contributed by atoms with Crippen molar-refractivity contribution in [2.24, 2.45) is 5.92 Å². The van der Waals surface area contributed by atoms with Crippen LogP contribution in [0, 0.1) is 19.8 Å². The SMILES string of the molecule is Cc1cccc(OCc2nc(CN(CCN3CCCCC3)C(=O)C3CC3)cs2)c1C. The second-order valence-corrected chi connectivity index (χ2v) is 9.60. The first kappa shape index (κ1) is 21.3. The lowest BCUT2D eigenvalue weighted by Gasteiger charge is -2.30. The Kier molecular flexibility index (Phi) is 7.05. The van der Waals surface area contributed by atoms with Crippen molar-refractivity contribution < 1.29 is 9.53 Å². The summed E-state index contributed by atoms with van der Waals surface area (Å²) in [5, 5.41) is 3.04. The number of hydrogen-bond donors (Lipinski definition) is 0. The van der Waals surface area contributed by atoms with Gasteiger partial charge in [-0.2, -0.15) is 0 Å². The molecule has 0 bridgehead atoms. The lowest BCUT2D eigenvalue weighted by Crippen LogP contribution is -2.40. The summed E-state index contributed by atoms with van der Waals surface area (Å²) in [7, 11) is 0. The molecule has 6 heteroatoms. The molecule has 0 spiro atoms. The number of piperidine rings is 1. The zero-order valence-electron chi connectivity index (χ0n) is 18.2. The molecule has 162 valence electrons. The van der Waals surface area contributed by atoms with E-state index in [0.717, 1.165) is 42.4 Å². The summed E-state index contributed by atoms with van der Waals surface area (Å²) in [6.07, 6.45) is 6.00. The van der Waals surface area contributed by atoms with Gasteiger partial charge in [-0.1, -0.05) is 18.6 Å². The van der Waals surface area contributed by atoms with Gasteiger partial charge >= 0.3 is 0 Å². The predicted octanol–water partition coefficient (Wildman–Crippen LogP) is 4.56. The van der Waals surface area contributed by atoms with E-state index in [9.17, 15) is 4.79 Å². The van der Waals surface area contributed by atoms with Gasteiger partial charge in [-0.15, -0.1) is 11.3 Å². The quantitative estimate of drug-likeness (QED) is 0.588. The second kappa shape index (κ2) is 9.92. The summed E-state index contributed by atoms with van der Waals surface area (Å²) >= 11 is 1.62. The number of amides is 1. The molecule has 1 aromatic carbocycles. The number of aryl methyl sites for hydroxylation is 1. The minimum absolute atomic E-state index is 0.247. The van der Waals surface area contributed by atoms with Gasteiger partial charge in [0, 0.05) is 24.4 Å². The highest BCUT2D eigenvalue weighted by Gasteiger charge is 2.33. The number of carbonyl (C=O) groups is 1. The van der Waals surface area contributed by atoms with Gasteiger partial charge in [-0.3, -0.25) is 4.79 Å². The molecule has 30 heavy (non-hydrogen) atoms. The number of nitrogens with zero attached hydrogens (tertiary/aromatic N) is 3. The molecule has 0 atom stereocenters. The molecule has 0 radical (unpaired) electrons. The fourth-order valence-corrected chi connectivity index (χ4v) is 4.70. The molecule has 2 aromatic rings. The van der Waals surface area contributed by atoms with Gasteiger partial charge < -0.3 is 14.5 Å². The van der Waals surface area contributed by atoms with Gasteiger partial charge in [0.05, 0.1) is 12.2 Å². The van der Waals surface area contributed by atoms with Crippen LogP contribution in [-0.4, -0.2) is 46.9 Å². The number of rotatable bonds is 9. The number of thiazole rings is 1. The molecule has 1 aliphatic carbocycles. The van der Waals surface area contributed by atoms with Gasteiger partial charge in [0.25, 0.3) is 0 Å². The Morgan fingerprint density at radius 1 is 1.23 bits per heavy atom. The van der Waals surface area contributed by atoms with E-state index in [4.69, 9.17) is 9.72 Å². The Morgan fingerprint density at radius 3 is 2.80 bits per heavy atom. The lowest BCUT2D eigenvalue weighted by molar-refractivity contribution is -0.133. The maximum absolute atomic E-state index is 12.8. The van der Waals surface area contributed by atoms with E-state index in [1.807, 2.05) is 17.0 Å². The van der Waals surface area contributed by atoms with E-state index >= 15 is 0 Å². The highest BCUT2D eigenvalue weighted by molar-refractivity contribution is 7.09. The number of hydrogen-bond acceptors (Lipinski definition) is 5. The third-order valence-electron chi connectivity index (χ3n) is 6.23. The Labute approximate surface area is 184 Å². The first-order valence-corrected chi connectivity index (χ1v) is 12.1. The molecule has 2 aliphatic rings. The molecule has 1 amide bonds. The van der Waals surface area contributed by atoms with Crippen LogP contribution in [0.2, 0.25) is 0 Å². The van der Waals surface area contributed by atoms with E-state index in [1.165, 1.54) is 43.5 Å². The summed E-state index contributed by atoms with van der Waals surface area (Å²) in [4.78, 5) is 22.1. The Hall–Kier alpha value is -1.92. The molecule has 2 heterocycles. The lowest BCUT2D eigenvalue weighted by atomic mass is 10.1. The van der Waals surface area contributed by atoms with E-state index in [-0.39, 0.29) is 5.92 Å². The van der Waals surface area contributed by atoms with Gasteiger partial charge in [-0.25, -0.2) is 4.98 Å². The molecule has 1 saturated carbocycles. The molecule has 2 fully saturated rings. The molecule has 0 N–H and O–H groups in total. The highest BCUT2D eigenvalue weighted by Crippen LogP contribution is 2.31.